The molecule has 3 heterocycles. The van der Waals surface area contributed by atoms with Crippen molar-refractivity contribution in [1.82, 2.24) is 15.1 Å². The first kappa shape index (κ1) is 14.1. The van der Waals surface area contributed by atoms with Crippen LogP contribution in [0.2, 0.25) is 0 Å². The number of nitrogens with one attached hydrogen (secondary N) is 1. The minimum atomic E-state index is 0.793. The topological polar surface area (TPSA) is 31.7 Å². The Hall–Kier alpha value is -0.840. The fraction of sp³-hybridized carbons (Fsp3) is 0.750. The van der Waals surface area contributed by atoms with E-state index in [2.05, 4.69) is 28.1 Å². The first-order valence-corrected chi connectivity index (χ1v) is 8.09. The molecule has 1 unspecified atom stereocenters. The van der Waals surface area contributed by atoms with Crippen LogP contribution < -0.4 is 5.32 Å². The molecular formula is C16H27N3O. The zero-order valence-corrected chi connectivity index (χ0v) is 12.6. The Balaban J connectivity index is 1.52. The Bertz CT molecular complexity index is 412. The van der Waals surface area contributed by atoms with Crippen LogP contribution in [0.25, 0.3) is 0 Å². The van der Waals surface area contributed by atoms with E-state index in [0.717, 1.165) is 31.4 Å². The lowest BCUT2D eigenvalue weighted by Crippen LogP contribution is -2.35. The molecular weight excluding hydrogens is 250 g/mol. The van der Waals surface area contributed by atoms with Crippen LogP contribution in [-0.2, 0) is 13.1 Å². The van der Waals surface area contributed by atoms with Gasteiger partial charge in [0.25, 0.3) is 0 Å². The maximum absolute atomic E-state index is 5.60. The Morgan fingerprint density at radius 2 is 2.15 bits per heavy atom. The molecule has 0 aromatic carbocycles. The van der Waals surface area contributed by atoms with Crippen molar-refractivity contribution in [1.29, 1.82) is 0 Å². The lowest BCUT2D eigenvalue weighted by Gasteiger charge is -2.23. The Labute approximate surface area is 122 Å². The van der Waals surface area contributed by atoms with Crippen molar-refractivity contribution in [2.24, 2.45) is 0 Å². The van der Waals surface area contributed by atoms with Crippen LogP contribution >= 0.6 is 0 Å². The van der Waals surface area contributed by atoms with Gasteiger partial charge in [-0.2, -0.15) is 0 Å². The van der Waals surface area contributed by atoms with E-state index in [0.29, 0.717) is 0 Å². The van der Waals surface area contributed by atoms with Gasteiger partial charge < -0.3 is 9.73 Å². The van der Waals surface area contributed by atoms with Gasteiger partial charge in [-0.15, -0.1) is 0 Å². The molecule has 0 bridgehead atoms. The van der Waals surface area contributed by atoms with Crippen molar-refractivity contribution in [3.8, 4) is 0 Å². The Kier molecular flexibility index (Phi) is 4.76. The summed E-state index contributed by atoms with van der Waals surface area (Å²) in [4.78, 5) is 5.28. The smallest absolute Gasteiger partial charge is 0.122 e. The molecule has 1 N–H and O–H groups in total. The summed E-state index contributed by atoms with van der Waals surface area (Å²) in [5, 5.41) is 3.35. The predicted molar refractivity (Wildman–Crippen MR) is 80.6 cm³/mol. The molecule has 4 heteroatoms. The predicted octanol–water partition coefficient (Wildman–Crippen LogP) is 2.06. The number of nitrogens with zero attached hydrogens (tertiary/aromatic N) is 2. The van der Waals surface area contributed by atoms with Gasteiger partial charge in [-0.1, -0.05) is 6.92 Å². The normalized spacial score (nSPS) is 24.8. The number of likely N-dealkylation sites (tertiary alicyclic amines) is 2. The van der Waals surface area contributed by atoms with Crippen molar-refractivity contribution in [3.63, 3.8) is 0 Å². The average molecular weight is 277 g/mol. The highest BCUT2D eigenvalue weighted by atomic mass is 16.3. The van der Waals surface area contributed by atoms with Gasteiger partial charge in [0.1, 0.15) is 5.76 Å². The molecule has 0 aliphatic carbocycles. The molecule has 2 fully saturated rings. The van der Waals surface area contributed by atoms with Crippen molar-refractivity contribution < 1.29 is 4.42 Å². The lowest BCUT2D eigenvalue weighted by molar-refractivity contribution is 0.229. The van der Waals surface area contributed by atoms with Crippen LogP contribution in [0.1, 0.15) is 37.5 Å². The molecule has 0 amide bonds. The fourth-order valence-corrected chi connectivity index (χ4v) is 3.50. The van der Waals surface area contributed by atoms with E-state index in [9.17, 15) is 0 Å². The molecule has 20 heavy (non-hydrogen) atoms. The van der Waals surface area contributed by atoms with Crippen LogP contribution in [0, 0.1) is 0 Å². The molecule has 1 aromatic rings. The van der Waals surface area contributed by atoms with E-state index < -0.39 is 0 Å². The second-order valence-corrected chi connectivity index (χ2v) is 6.07. The molecule has 2 saturated heterocycles. The molecule has 3 rings (SSSR count). The molecule has 4 nitrogen and oxygen atoms in total. The largest absolute Gasteiger partial charge is 0.468 e. The van der Waals surface area contributed by atoms with E-state index in [-0.39, 0.29) is 0 Å². The van der Waals surface area contributed by atoms with Gasteiger partial charge in [0.2, 0.25) is 0 Å². The van der Waals surface area contributed by atoms with Gasteiger partial charge in [0.05, 0.1) is 12.8 Å². The number of furan rings is 1. The summed E-state index contributed by atoms with van der Waals surface area (Å²) >= 11 is 0. The monoisotopic (exact) mass is 277 g/mol. The van der Waals surface area contributed by atoms with Crippen LogP contribution in [0.4, 0.5) is 0 Å². The van der Waals surface area contributed by atoms with Crippen molar-refractivity contribution in [2.75, 3.05) is 32.7 Å². The Morgan fingerprint density at radius 1 is 1.30 bits per heavy atom. The minimum Gasteiger partial charge on any atom is -0.468 e. The van der Waals surface area contributed by atoms with Gasteiger partial charge in [0, 0.05) is 31.2 Å². The van der Waals surface area contributed by atoms with Gasteiger partial charge >= 0.3 is 0 Å². The average Bonchev–Trinajstić information content (AvgIpc) is 3.18. The van der Waals surface area contributed by atoms with Gasteiger partial charge in [0.15, 0.2) is 0 Å². The van der Waals surface area contributed by atoms with Crippen LogP contribution in [-0.4, -0.2) is 48.6 Å². The van der Waals surface area contributed by atoms with Gasteiger partial charge in [-0.3, -0.25) is 9.80 Å². The van der Waals surface area contributed by atoms with Crippen molar-refractivity contribution in [2.45, 2.75) is 45.3 Å². The summed E-state index contributed by atoms with van der Waals surface area (Å²) in [5.41, 5.74) is 1.35. The summed E-state index contributed by atoms with van der Waals surface area (Å²) in [6.45, 7) is 10.1. The second kappa shape index (κ2) is 6.74. The summed E-state index contributed by atoms with van der Waals surface area (Å²) < 4.78 is 5.60. The van der Waals surface area contributed by atoms with Gasteiger partial charge in [-0.05, 0) is 45.0 Å². The van der Waals surface area contributed by atoms with Gasteiger partial charge in [-0.25, -0.2) is 0 Å². The maximum atomic E-state index is 5.60. The minimum absolute atomic E-state index is 0.793. The first-order valence-electron chi connectivity index (χ1n) is 8.09. The fourth-order valence-electron chi connectivity index (χ4n) is 3.50. The molecule has 112 valence electrons. The van der Waals surface area contributed by atoms with Crippen LogP contribution in [0.3, 0.4) is 0 Å². The van der Waals surface area contributed by atoms with Crippen LogP contribution in [0.15, 0.2) is 16.7 Å². The quantitative estimate of drug-likeness (QED) is 0.862. The maximum Gasteiger partial charge on any atom is 0.122 e. The third kappa shape index (κ3) is 3.25. The second-order valence-electron chi connectivity index (χ2n) is 6.07. The summed E-state index contributed by atoms with van der Waals surface area (Å²) in [5.74, 6) is 1.11. The lowest BCUT2D eigenvalue weighted by atomic mass is 10.2. The van der Waals surface area contributed by atoms with E-state index >= 15 is 0 Å². The summed E-state index contributed by atoms with van der Waals surface area (Å²) in [6.07, 6.45) is 5.95. The zero-order chi connectivity index (χ0) is 13.8. The van der Waals surface area contributed by atoms with E-state index in [1.165, 1.54) is 51.0 Å². The molecule has 0 radical (unpaired) electrons. The first-order chi connectivity index (χ1) is 9.86. The van der Waals surface area contributed by atoms with Crippen molar-refractivity contribution >= 4 is 0 Å². The standard InChI is InChI=1S/C16H27N3O/c1-2-17-11-16-14(6-10-20-16)12-18-9-5-15(13-18)19-7-3-4-8-19/h6,10,15,17H,2-5,7-9,11-13H2,1H3. The molecule has 1 atom stereocenters. The molecule has 0 saturated carbocycles. The highest BCUT2D eigenvalue weighted by Crippen LogP contribution is 2.23. The van der Waals surface area contributed by atoms with E-state index in [4.69, 9.17) is 4.42 Å². The molecule has 0 spiro atoms. The van der Waals surface area contributed by atoms with E-state index in [1.54, 1.807) is 0 Å². The Morgan fingerprint density at radius 3 is 2.95 bits per heavy atom. The summed E-state index contributed by atoms with van der Waals surface area (Å²) in [7, 11) is 0. The molecule has 1 aromatic heterocycles. The number of hydrogen-bond acceptors (Lipinski definition) is 4. The van der Waals surface area contributed by atoms with Crippen LogP contribution in [0.5, 0.6) is 0 Å². The molecule has 2 aliphatic heterocycles. The number of hydrogen-bond donors (Lipinski definition) is 1. The molecule has 2 aliphatic rings. The summed E-state index contributed by atoms with van der Waals surface area (Å²) in [6, 6.07) is 2.93. The highest BCUT2D eigenvalue weighted by molar-refractivity contribution is 5.17. The van der Waals surface area contributed by atoms with E-state index in [1.807, 2.05) is 6.26 Å². The third-order valence-corrected chi connectivity index (χ3v) is 4.67. The zero-order valence-electron chi connectivity index (χ0n) is 12.6. The van der Waals surface area contributed by atoms with Crippen molar-refractivity contribution in [3.05, 3.63) is 23.7 Å². The third-order valence-electron chi connectivity index (χ3n) is 4.67. The number of rotatable bonds is 6. The SMILES string of the molecule is CCNCc1occc1CN1CCC(N2CCCC2)C1. The highest BCUT2D eigenvalue weighted by Gasteiger charge is 2.29.